The summed E-state index contributed by atoms with van der Waals surface area (Å²) in [6.45, 7) is 2.37. The Bertz CT molecular complexity index is 359. The maximum atomic E-state index is 12.9. The zero-order chi connectivity index (χ0) is 12.8. The van der Waals surface area contributed by atoms with Gasteiger partial charge in [-0.05, 0) is 24.1 Å². The smallest absolute Gasteiger partial charge is 0.124 e. The van der Waals surface area contributed by atoms with Gasteiger partial charge in [0.2, 0.25) is 0 Å². The largest absolute Gasteiger partial charge is 0.392 e. The van der Waals surface area contributed by atoms with E-state index >= 15 is 0 Å². The van der Waals surface area contributed by atoms with Crippen LogP contribution in [0.3, 0.4) is 0 Å². The van der Waals surface area contributed by atoms with Crippen molar-refractivity contribution in [3.63, 3.8) is 0 Å². The van der Waals surface area contributed by atoms with Crippen molar-refractivity contribution in [3.05, 3.63) is 34.6 Å². The first kappa shape index (κ1) is 14.4. The molecule has 1 aromatic rings. The van der Waals surface area contributed by atoms with Crippen molar-refractivity contribution >= 4 is 11.6 Å². The molecule has 2 unspecified atom stereocenters. The molecule has 0 aliphatic carbocycles. The van der Waals surface area contributed by atoms with E-state index < -0.39 is 6.10 Å². The second-order valence-corrected chi connectivity index (χ2v) is 4.62. The Hall–Kier alpha value is -0.640. The third kappa shape index (κ3) is 3.95. The lowest BCUT2D eigenvalue weighted by Crippen LogP contribution is -2.26. The topological polar surface area (TPSA) is 46.2 Å². The number of hydrogen-bond acceptors (Lipinski definition) is 2. The highest BCUT2D eigenvalue weighted by atomic mass is 35.5. The molecule has 2 atom stereocenters. The Balaban J connectivity index is 2.85. The number of aliphatic hydroxyl groups is 1. The number of nitrogens with two attached hydrogens (primary N) is 1. The van der Waals surface area contributed by atoms with Gasteiger partial charge in [0.05, 0.1) is 6.10 Å². The molecule has 17 heavy (non-hydrogen) atoms. The van der Waals surface area contributed by atoms with Crippen LogP contribution in [0, 0.1) is 5.82 Å². The van der Waals surface area contributed by atoms with Crippen LogP contribution in [-0.4, -0.2) is 17.8 Å². The molecule has 1 rings (SSSR count). The van der Waals surface area contributed by atoms with Crippen molar-refractivity contribution < 1.29 is 9.50 Å². The maximum Gasteiger partial charge on any atom is 0.124 e. The molecular weight excluding hydrogens is 241 g/mol. The van der Waals surface area contributed by atoms with Gasteiger partial charge in [0.25, 0.3) is 0 Å². The van der Waals surface area contributed by atoms with Crippen LogP contribution in [0.1, 0.15) is 37.7 Å². The summed E-state index contributed by atoms with van der Waals surface area (Å²) in [7, 11) is 0. The molecule has 2 nitrogen and oxygen atoms in total. The van der Waals surface area contributed by atoms with Crippen molar-refractivity contribution in [2.75, 3.05) is 6.54 Å². The highest BCUT2D eigenvalue weighted by Gasteiger charge is 2.21. The Labute approximate surface area is 107 Å². The van der Waals surface area contributed by atoms with Crippen LogP contribution >= 0.6 is 11.6 Å². The third-order valence-corrected chi connectivity index (χ3v) is 3.26. The van der Waals surface area contributed by atoms with Gasteiger partial charge in [-0.15, -0.1) is 0 Å². The van der Waals surface area contributed by atoms with E-state index in [9.17, 15) is 9.50 Å². The van der Waals surface area contributed by atoms with Crippen molar-refractivity contribution in [2.24, 2.45) is 5.73 Å². The molecule has 0 aromatic heterocycles. The standard InChI is InChI=1S/C13H19ClFNO/c1-2-3-4-13(17)11(8-16)10-6-5-9(15)7-12(10)14/h5-7,11,13,17H,2-4,8,16H2,1H3. The molecule has 0 aliphatic heterocycles. The summed E-state index contributed by atoms with van der Waals surface area (Å²) in [5, 5.41) is 10.4. The summed E-state index contributed by atoms with van der Waals surface area (Å²) in [5.41, 5.74) is 6.39. The minimum Gasteiger partial charge on any atom is -0.392 e. The first-order valence-corrected chi connectivity index (χ1v) is 6.31. The average molecular weight is 260 g/mol. The predicted octanol–water partition coefficient (Wildman–Crippen LogP) is 3.07. The Morgan fingerprint density at radius 2 is 2.18 bits per heavy atom. The highest BCUT2D eigenvalue weighted by molar-refractivity contribution is 6.31. The van der Waals surface area contributed by atoms with Gasteiger partial charge < -0.3 is 10.8 Å². The van der Waals surface area contributed by atoms with Gasteiger partial charge in [-0.2, -0.15) is 0 Å². The molecule has 0 amide bonds. The van der Waals surface area contributed by atoms with Gasteiger partial charge in [0.15, 0.2) is 0 Å². The molecule has 0 bridgehead atoms. The second-order valence-electron chi connectivity index (χ2n) is 4.22. The van der Waals surface area contributed by atoms with Crippen LogP contribution < -0.4 is 5.73 Å². The second kappa shape index (κ2) is 6.94. The monoisotopic (exact) mass is 259 g/mol. The molecule has 0 aliphatic rings. The van der Waals surface area contributed by atoms with Crippen LogP contribution in [0.5, 0.6) is 0 Å². The lowest BCUT2D eigenvalue weighted by Gasteiger charge is -2.22. The quantitative estimate of drug-likeness (QED) is 0.825. The van der Waals surface area contributed by atoms with Crippen molar-refractivity contribution in [1.82, 2.24) is 0 Å². The van der Waals surface area contributed by atoms with E-state index in [1.54, 1.807) is 6.07 Å². The molecular formula is C13H19ClFNO. The fourth-order valence-corrected chi connectivity index (χ4v) is 2.22. The predicted molar refractivity (Wildman–Crippen MR) is 68.7 cm³/mol. The van der Waals surface area contributed by atoms with Gasteiger partial charge in [0.1, 0.15) is 5.82 Å². The third-order valence-electron chi connectivity index (χ3n) is 2.93. The molecule has 0 spiro atoms. The molecule has 1 aromatic carbocycles. The molecule has 4 heteroatoms. The number of aliphatic hydroxyl groups excluding tert-OH is 1. The SMILES string of the molecule is CCCCC(O)C(CN)c1ccc(F)cc1Cl. The zero-order valence-electron chi connectivity index (χ0n) is 10.00. The summed E-state index contributed by atoms with van der Waals surface area (Å²) in [6, 6.07) is 4.20. The van der Waals surface area contributed by atoms with E-state index in [4.69, 9.17) is 17.3 Å². The maximum absolute atomic E-state index is 12.9. The lowest BCUT2D eigenvalue weighted by molar-refractivity contribution is 0.133. The van der Waals surface area contributed by atoms with Crippen LogP contribution in [0.2, 0.25) is 5.02 Å². The first-order valence-electron chi connectivity index (χ1n) is 5.93. The molecule has 0 fully saturated rings. The minimum atomic E-state index is -0.525. The van der Waals surface area contributed by atoms with Gasteiger partial charge in [-0.3, -0.25) is 0 Å². The number of benzene rings is 1. The van der Waals surface area contributed by atoms with Gasteiger partial charge in [0, 0.05) is 17.5 Å². The molecule has 3 N–H and O–H groups in total. The fourth-order valence-electron chi connectivity index (χ4n) is 1.91. The van der Waals surface area contributed by atoms with Gasteiger partial charge in [-0.1, -0.05) is 37.4 Å². The van der Waals surface area contributed by atoms with Crippen molar-refractivity contribution in [1.29, 1.82) is 0 Å². The van der Waals surface area contributed by atoms with Crippen molar-refractivity contribution in [3.8, 4) is 0 Å². The Kier molecular flexibility index (Phi) is 5.89. The van der Waals surface area contributed by atoms with E-state index in [-0.39, 0.29) is 11.7 Å². The van der Waals surface area contributed by atoms with E-state index in [0.29, 0.717) is 18.0 Å². The summed E-state index contributed by atoms with van der Waals surface area (Å²) in [4.78, 5) is 0. The molecule has 0 saturated carbocycles. The van der Waals surface area contributed by atoms with E-state index in [1.807, 2.05) is 0 Å². The van der Waals surface area contributed by atoms with Gasteiger partial charge >= 0.3 is 0 Å². The molecule has 0 heterocycles. The summed E-state index contributed by atoms with van der Waals surface area (Å²) >= 11 is 5.97. The van der Waals surface area contributed by atoms with Gasteiger partial charge in [-0.25, -0.2) is 4.39 Å². The van der Waals surface area contributed by atoms with Crippen LogP contribution in [0.25, 0.3) is 0 Å². The van der Waals surface area contributed by atoms with Crippen LogP contribution in [0.4, 0.5) is 4.39 Å². The Morgan fingerprint density at radius 1 is 1.47 bits per heavy atom. The normalized spacial score (nSPS) is 14.6. The van der Waals surface area contributed by atoms with E-state index in [0.717, 1.165) is 18.4 Å². The first-order chi connectivity index (χ1) is 8.10. The lowest BCUT2D eigenvalue weighted by atomic mass is 9.90. The molecule has 96 valence electrons. The van der Waals surface area contributed by atoms with Crippen LogP contribution in [0.15, 0.2) is 18.2 Å². The Morgan fingerprint density at radius 3 is 2.71 bits per heavy atom. The van der Waals surface area contributed by atoms with Crippen molar-refractivity contribution in [2.45, 2.75) is 38.2 Å². The number of halogens is 2. The fraction of sp³-hybridized carbons (Fsp3) is 0.538. The van der Waals surface area contributed by atoms with E-state index in [2.05, 4.69) is 6.92 Å². The summed E-state index contributed by atoms with van der Waals surface area (Å²) in [5.74, 6) is -0.604. The van der Waals surface area contributed by atoms with E-state index in [1.165, 1.54) is 12.1 Å². The minimum absolute atomic E-state index is 0.227. The summed E-state index contributed by atoms with van der Waals surface area (Å²) < 4.78 is 12.9. The van der Waals surface area contributed by atoms with Crippen LogP contribution in [-0.2, 0) is 0 Å². The molecule has 0 saturated heterocycles. The highest BCUT2D eigenvalue weighted by Crippen LogP contribution is 2.29. The summed E-state index contributed by atoms with van der Waals surface area (Å²) in [6.07, 6.45) is 2.12. The zero-order valence-corrected chi connectivity index (χ0v) is 10.8. The number of rotatable bonds is 6. The number of unbranched alkanes of at least 4 members (excludes halogenated alkanes) is 1. The average Bonchev–Trinajstić information content (AvgIpc) is 2.30. The number of hydrogen-bond donors (Lipinski definition) is 2. The molecule has 0 radical (unpaired) electrons.